The molecule has 0 saturated heterocycles. The van der Waals surface area contributed by atoms with Gasteiger partial charge < -0.3 is 4.57 Å². The van der Waals surface area contributed by atoms with Crippen LogP contribution in [0.3, 0.4) is 0 Å². The molecule has 0 radical (unpaired) electrons. The van der Waals surface area contributed by atoms with Gasteiger partial charge in [-0.15, -0.1) is 0 Å². The summed E-state index contributed by atoms with van der Waals surface area (Å²) >= 11 is 0. The SMILES string of the molecule is Cc1ccc2c3ccc(C)cc3n(-c3cc(-c4ccccc4F)ccc3-c3nc(-c4ccccc4)nc(-c4ccccc4)n3)c2c1. The Hall–Kier alpha value is -5.94. The van der Waals surface area contributed by atoms with Crippen LogP contribution in [0.1, 0.15) is 11.1 Å². The third kappa shape index (κ3) is 4.83. The second-order valence-electron chi connectivity index (χ2n) is 11.6. The summed E-state index contributed by atoms with van der Waals surface area (Å²) in [5.74, 6) is 1.44. The average molecular weight is 597 g/mol. The number of rotatable bonds is 5. The number of aromatic nitrogens is 4. The molecule has 6 aromatic carbocycles. The van der Waals surface area contributed by atoms with Gasteiger partial charge in [0.05, 0.1) is 16.7 Å². The maximum atomic E-state index is 15.2. The van der Waals surface area contributed by atoms with Gasteiger partial charge in [-0.05, 0) is 60.9 Å². The van der Waals surface area contributed by atoms with E-state index in [4.69, 9.17) is 15.0 Å². The first-order valence-corrected chi connectivity index (χ1v) is 15.3. The van der Waals surface area contributed by atoms with Crippen LogP contribution in [0, 0.1) is 19.7 Å². The van der Waals surface area contributed by atoms with Crippen molar-refractivity contribution in [3.63, 3.8) is 0 Å². The maximum Gasteiger partial charge on any atom is 0.166 e. The number of benzene rings is 6. The summed E-state index contributed by atoms with van der Waals surface area (Å²) in [5, 5.41) is 2.29. The van der Waals surface area contributed by atoms with Crippen LogP contribution in [0.15, 0.2) is 140 Å². The van der Waals surface area contributed by atoms with E-state index < -0.39 is 0 Å². The Balaban J connectivity index is 1.48. The van der Waals surface area contributed by atoms with Crippen LogP contribution >= 0.6 is 0 Å². The van der Waals surface area contributed by atoms with Crippen molar-refractivity contribution in [1.82, 2.24) is 19.5 Å². The van der Waals surface area contributed by atoms with E-state index in [1.54, 1.807) is 6.07 Å². The highest BCUT2D eigenvalue weighted by molar-refractivity contribution is 6.10. The highest BCUT2D eigenvalue weighted by atomic mass is 19.1. The van der Waals surface area contributed by atoms with E-state index in [-0.39, 0.29) is 5.82 Å². The van der Waals surface area contributed by atoms with Crippen molar-refractivity contribution in [2.24, 2.45) is 0 Å². The zero-order chi connectivity index (χ0) is 31.2. The smallest absolute Gasteiger partial charge is 0.166 e. The second-order valence-corrected chi connectivity index (χ2v) is 11.6. The van der Waals surface area contributed by atoms with Crippen LogP contribution in [-0.2, 0) is 0 Å². The van der Waals surface area contributed by atoms with Gasteiger partial charge in [0.25, 0.3) is 0 Å². The fourth-order valence-corrected chi connectivity index (χ4v) is 6.20. The molecule has 5 heteroatoms. The first-order valence-electron chi connectivity index (χ1n) is 15.3. The molecule has 0 bridgehead atoms. The topological polar surface area (TPSA) is 43.6 Å². The van der Waals surface area contributed by atoms with E-state index in [9.17, 15) is 0 Å². The molecule has 0 atom stereocenters. The highest BCUT2D eigenvalue weighted by Crippen LogP contribution is 2.39. The van der Waals surface area contributed by atoms with Gasteiger partial charge in [0.2, 0.25) is 0 Å². The lowest BCUT2D eigenvalue weighted by molar-refractivity contribution is 0.631. The zero-order valence-electron chi connectivity index (χ0n) is 25.4. The van der Waals surface area contributed by atoms with Crippen molar-refractivity contribution in [3.8, 4) is 51.0 Å². The Labute approximate surface area is 266 Å². The van der Waals surface area contributed by atoms with E-state index in [1.807, 2.05) is 84.9 Å². The quantitative estimate of drug-likeness (QED) is 0.199. The van der Waals surface area contributed by atoms with E-state index in [0.29, 0.717) is 23.0 Å². The van der Waals surface area contributed by atoms with Crippen LogP contribution in [0.2, 0.25) is 0 Å². The summed E-state index contributed by atoms with van der Waals surface area (Å²) in [6.07, 6.45) is 0. The molecule has 0 saturated carbocycles. The van der Waals surface area contributed by atoms with Gasteiger partial charge >= 0.3 is 0 Å². The third-order valence-electron chi connectivity index (χ3n) is 8.44. The lowest BCUT2D eigenvalue weighted by atomic mass is 10.0. The standard InChI is InChI=1S/C41H29FN4/c1-26-17-20-32-33-21-18-27(2)24-37(33)46(36(32)23-26)38-25-30(31-15-9-10-16-35(31)42)19-22-34(38)41-44-39(28-11-5-3-6-12-28)43-40(45-41)29-13-7-4-8-14-29/h3-25H,1-2H3. The minimum atomic E-state index is -0.270. The molecule has 2 heterocycles. The van der Waals surface area contributed by atoms with E-state index >= 15 is 4.39 Å². The summed E-state index contributed by atoms with van der Waals surface area (Å²) in [6.45, 7) is 4.21. The van der Waals surface area contributed by atoms with E-state index in [0.717, 1.165) is 60.9 Å². The van der Waals surface area contributed by atoms with Gasteiger partial charge in [0, 0.05) is 33.0 Å². The van der Waals surface area contributed by atoms with Crippen LogP contribution in [0.5, 0.6) is 0 Å². The Bertz CT molecular complexity index is 2280. The van der Waals surface area contributed by atoms with Gasteiger partial charge in [-0.1, -0.05) is 109 Å². The van der Waals surface area contributed by atoms with E-state index in [2.05, 4.69) is 60.9 Å². The molecular weight excluding hydrogens is 567 g/mol. The molecule has 8 rings (SSSR count). The van der Waals surface area contributed by atoms with Gasteiger partial charge in [-0.25, -0.2) is 19.3 Å². The summed E-state index contributed by atoms with van der Waals surface area (Å²) in [6, 6.07) is 45.9. The summed E-state index contributed by atoms with van der Waals surface area (Å²) in [5.41, 5.74) is 9.21. The van der Waals surface area contributed by atoms with Gasteiger partial charge in [-0.2, -0.15) is 0 Å². The van der Waals surface area contributed by atoms with Gasteiger partial charge in [0.15, 0.2) is 17.5 Å². The monoisotopic (exact) mass is 596 g/mol. The number of halogens is 1. The second kappa shape index (κ2) is 11.2. The molecule has 0 aliphatic heterocycles. The summed E-state index contributed by atoms with van der Waals surface area (Å²) in [4.78, 5) is 15.1. The van der Waals surface area contributed by atoms with E-state index in [1.165, 1.54) is 6.07 Å². The van der Waals surface area contributed by atoms with Crippen molar-refractivity contribution >= 4 is 21.8 Å². The third-order valence-corrected chi connectivity index (χ3v) is 8.44. The van der Waals surface area contributed by atoms with Gasteiger partial charge in [-0.3, -0.25) is 0 Å². The van der Waals surface area contributed by atoms with Crippen LogP contribution in [-0.4, -0.2) is 19.5 Å². The number of fused-ring (bicyclic) bond motifs is 3. The Morgan fingerprint density at radius 3 is 1.54 bits per heavy atom. The maximum absolute atomic E-state index is 15.2. The summed E-state index contributed by atoms with van der Waals surface area (Å²) < 4.78 is 17.5. The molecule has 8 aromatic rings. The molecule has 0 aliphatic rings. The minimum Gasteiger partial charge on any atom is -0.308 e. The van der Waals surface area contributed by atoms with Crippen LogP contribution in [0.4, 0.5) is 4.39 Å². The van der Waals surface area contributed by atoms with Crippen molar-refractivity contribution in [3.05, 3.63) is 156 Å². The first-order chi connectivity index (χ1) is 22.5. The number of hydrogen-bond donors (Lipinski definition) is 0. The average Bonchev–Trinajstić information content (AvgIpc) is 3.41. The molecule has 220 valence electrons. The van der Waals surface area contributed by atoms with Crippen LogP contribution < -0.4 is 0 Å². The molecule has 0 fully saturated rings. The zero-order valence-corrected chi connectivity index (χ0v) is 25.4. The van der Waals surface area contributed by atoms with Gasteiger partial charge in [0.1, 0.15) is 5.82 Å². The molecule has 4 nitrogen and oxygen atoms in total. The lowest BCUT2D eigenvalue weighted by Gasteiger charge is -2.17. The molecule has 0 spiro atoms. The fraction of sp³-hybridized carbons (Fsp3) is 0.0488. The molecule has 2 aromatic heterocycles. The normalized spacial score (nSPS) is 11.4. The predicted octanol–water partition coefficient (Wildman–Crippen LogP) is 10.4. The van der Waals surface area contributed by atoms with Crippen molar-refractivity contribution in [2.45, 2.75) is 13.8 Å². The Morgan fingerprint density at radius 2 is 0.978 bits per heavy atom. The van der Waals surface area contributed by atoms with Crippen molar-refractivity contribution in [2.75, 3.05) is 0 Å². The lowest BCUT2D eigenvalue weighted by Crippen LogP contribution is -2.04. The number of nitrogens with zero attached hydrogens (tertiary/aromatic N) is 4. The molecule has 0 N–H and O–H groups in total. The number of aryl methyl sites for hydroxylation is 2. The number of hydrogen-bond acceptors (Lipinski definition) is 3. The molecule has 0 unspecified atom stereocenters. The highest BCUT2D eigenvalue weighted by Gasteiger charge is 2.21. The molecule has 46 heavy (non-hydrogen) atoms. The molecule has 0 aliphatic carbocycles. The van der Waals surface area contributed by atoms with Crippen molar-refractivity contribution < 1.29 is 4.39 Å². The molecule has 0 amide bonds. The Morgan fingerprint density at radius 1 is 0.457 bits per heavy atom. The van der Waals surface area contributed by atoms with Crippen LogP contribution in [0.25, 0.3) is 72.8 Å². The fourth-order valence-electron chi connectivity index (χ4n) is 6.20. The Kier molecular flexibility index (Phi) is 6.72. The minimum absolute atomic E-state index is 0.270. The predicted molar refractivity (Wildman–Crippen MR) is 185 cm³/mol. The molecular formula is C41H29FN4. The first kappa shape index (κ1) is 27.6. The van der Waals surface area contributed by atoms with Crippen molar-refractivity contribution in [1.29, 1.82) is 0 Å². The summed E-state index contributed by atoms with van der Waals surface area (Å²) in [7, 11) is 0. The largest absolute Gasteiger partial charge is 0.308 e.